The second-order valence-corrected chi connectivity index (χ2v) is 6.09. The number of nitrogens with zero attached hydrogens (tertiary/aromatic N) is 3. The van der Waals surface area contributed by atoms with Crippen molar-refractivity contribution in [2.75, 3.05) is 0 Å². The molecule has 2 heterocycles. The quantitative estimate of drug-likeness (QED) is 0.791. The van der Waals surface area contributed by atoms with E-state index in [1.54, 1.807) is 4.52 Å². The van der Waals surface area contributed by atoms with Crippen LogP contribution < -0.4 is 0 Å². The van der Waals surface area contributed by atoms with Gasteiger partial charge in [-0.05, 0) is 55.7 Å². The molecule has 18 heavy (non-hydrogen) atoms. The van der Waals surface area contributed by atoms with Crippen LogP contribution in [0.3, 0.4) is 0 Å². The molecular weight excluding hydrogens is 246 g/mol. The Hall–Kier alpha value is -1.09. The molecule has 2 aliphatic rings. The summed E-state index contributed by atoms with van der Waals surface area (Å²) in [6, 6.07) is 4.20. The van der Waals surface area contributed by atoms with Crippen LogP contribution in [-0.4, -0.2) is 14.6 Å². The lowest BCUT2D eigenvalue weighted by Crippen LogP contribution is -2.10. The fraction of sp³-hybridized carbons (Fsp3) is 0.571. The third-order valence-corrected chi connectivity index (χ3v) is 4.43. The third kappa shape index (κ3) is 1.81. The van der Waals surface area contributed by atoms with Crippen molar-refractivity contribution in [1.82, 2.24) is 14.6 Å². The second-order valence-electron chi connectivity index (χ2n) is 5.70. The maximum Gasteiger partial charge on any atom is 0.157 e. The van der Waals surface area contributed by atoms with Gasteiger partial charge >= 0.3 is 0 Å². The van der Waals surface area contributed by atoms with Gasteiger partial charge in [-0.1, -0.05) is 18.0 Å². The smallest absolute Gasteiger partial charge is 0.157 e. The Morgan fingerprint density at radius 3 is 2.72 bits per heavy atom. The van der Waals surface area contributed by atoms with Crippen LogP contribution in [0.15, 0.2) is 12.1 Å². The minimum Gasteiger partial charge on any atom is -0.212 e. The van der Waals surface area contributed by atoms with Crippen LogP contribution in [0.2, 0.25) is 5.15 Å². The molecule has 3 nitrogen and oxygen atoms in total. The summed E-state index contributed by atoms with van der Waals surface area (Å²) in [4.78, 5) is 4.65. The predicted octanol–water partition coefficient (Wildman–Crippen LogP) is 3.60. The standard InChI is InChI=1S/C14H16ClN3/c15-12-7-10(6-9-4-5-9)8-13-16-14(17-18(12)13)11-2-1-3-11/h7-9,11H,1-6H2. The predicted molar refractivity (Wildman–Crippen MR) is 71.0 cm³/mol. The van der Waals surface area contributed by atoms with Crippen LogP contribution in [0.25, 0.3) is 5.65 Å². The number of pyridine rings is 1. The molecule has 4 rings (SSSR count). The molecule has 0 N–H and O–H groups in total. The van der Waals surface area contributed by atoms with Gasteiger partial charge in [0.25, 0.3) is 0 Å². The molecule has 0 spiro atoms. The Bertz CT molecular complexity index is 596. The van der Waals surface area contributed by atoms with E-state index in [1.807, 2.05) is 6.07 Å². The molecule has 0 atom stereocenters. The van der Waals surface area contributed by atoms with Crippen molar-refractivity contribution in [2.24, 2.45) is 5.92 Å². The zero-order valence-electron chi connectivity index (χ0n) is 10.3. The molecule has 0 aromatic carbocycles. The summed E-state index contributed by atoms with van der Waals surface area (Å²) in [5.74, 6) is 2.41. The van der Waals surface area contributed by atoms with E-state index in [9.17, 15) is 0 Å². The molecule has 0 unspecified atom stereocenters. The molecule has 2 aromatic rings. The average molecular weight is 262 g/mol. The Morgan fingerprint density at radius 1 is 1.22 bits per heavy atom. The van der Waals surface area contributed by atoms with Crippen LogP contribution >= 0.6 is 11.6 Å². The van der Waals surface area contributed by atoms with Gasteiger partial charge in [0.2, 0.25) is 0 Å². The summed E-state index contributed by atoms with van der Waals surface area (Å²) in [6.07, 6.45) is 7.63. The highest BCUT2D eigenvalue weighted by Gasteiger charge is 2.25. The van der Waals surface area contributed by atoms with Crippen LogP contribution in [0.4, 0.5) is 0 Å². The van der Waals surface area contributed by atoms with E-state index in [1.165, 1.54) is 37.7 Å². The van der Waals surface area contributed by atoms with E-state index in [-0.39, 0.29) is 0 Å². The number of hydrogen-bond donors (Lipinski definition) is 0. The van der Waals surface area contributed by atoms with E-state index in [0.717, 1.165) is 23.8 Å². The number of hydrogen-bond acceptors (Lipinski definition) is 2. The van der Waals surface area contributed by atoms with Crippen LogP contribution in [0.1, 0.15) is 49.4 Å². The minimum atomic E-state index is 0.563. The molecule has 4 heteroatoms. The summed E-state index contributed by atoms with van der Waals surface area (Å²) in [5.41, 5.74) is 2.22. The molecule has 0 radical (unpaired) electrons. The summed E-state index contributed by atoms with van der Waals surface area (Å²) < 4.78 is 1.78. The van der Waals surface area contributed by atoms with Gasteiger partial charge in [-0.15, -0.1) is 5.10 Å². The van der Waals surface area contributed by atoms with Gasteiger partial charge in [0, 0.05) is 5.92 Å². The molecule has 0 amide bonds. The highest BCUT2D eigenvalue weighted by atomic mass is 35.5. The summed E-state index contributed by atoms with van der Waals surface area (Å²) in [5, 5.41) is 5.24. The van der Waals surface area contributed by atoms with Gasteiger partial charge in [0.1, 0.15) is 5.15 Å². The Kier molecular flexibility index (Phi) is 2.37. The number of fused-ring (bicyclic) bond motifs is 1. The highest BCUT2D eigenvalue weighted by molar-refractivity contribution is 6.29. The van der Waals surface area contributed by atoms with E-state index in [2.05, 4.69) is 16.1 Å². The summed E-state index contributed by atoms with van der Waals surface area (Å²) >= 11 is 6.31. The fourth-order valence-corrected chi connectivity index (χ4v) is 2.89. The normalized spacial score (nSPS) is 20.3. The lowest BCUT2D eigenvalue weighted by atomic mass is 9.85. The largest absolute Gasteiger partial charge is 0.212 e. The molecule has 2 fully saturated rings. The Morgan fingerprint density at radius 2 is 2.06 bits per heavy atom. The van der Waals surface area contributed by atoms with Crippen molar-refractivity contribution >= 4 is 17.2 Å². The lowest BCUT2D eigenvalue weighted by Gasteiger charge is -2.21. The SMILES string of the molecule is Clc1cc(CC2CC2)cc2nc(C3CCC3)nn12. The van der Waals surface area contributed by atoms with Crippen molar-refractivity contribution in [3.8, 4) is 0 Å². The first-order valence-corrected chi connectivity index (χ1v) is 7.22. The van der Waals surface area contributed by atoms with Gasteiger partial charge in [-0.2, -0.15) is 0 Å². The Balaban J connectivity index is 1.74. The minimum absolute atomic E-state index is 0.563. The maximum absolute atomic E-state index is 6.31. The molecular formula is C14H16ClN3. The summed E-state index contributed by atoms with van der Waals surface area (Å²) in [6.45, 7) is 0. The summed E-state index contributed by atoms with van der Waals surface area (Å²) in [7, 11) is 0. The maximum atomic E-state index is 6.31. The van der Waals surface area contributed by atoms with E-state index in [4.69, 9.17) is 11.6 Å². The first-order chi connectivity index (χ1) is 8.79. The molecule has 2 aliphatic carbocycles. The fourth-order valence-electron chi connectivity index (χ4n) is 2.63. The molecule has 2 saturated carbocycles. The molecule has 2 aromatic heterocycles. The second kappa shape index (κ2) is 3.95. The first kappa shape index (κ1) is 10.8. The van der Waals surface area contributed by atoms with E-state index in [0.29, 0.717) is 11.1 Å². The number of rotatable bonds is 3. The van der Waals surface area contributed by atoms with Crippen molar-refractivity contribution in [1.29, 1.82) is 0 Å². The zero-order valence-corrected chi connectivity index (χ0v) is 11.0. The topological polar surface area (TPSA) is 30.2 Å². The number of halogens is 1. The average Bonchev–Trinajstić information content (AvgIpc) is 2.95. The van der Waals surface area contributed by atoms with Gasteiger partial charge in [0.15, 0.2) is 11.5 Å². The van der Waals surface area contributed by atoms with Crippen LogP contribution in [-0.2, 0) is 6.42 Å². The van der Waals surface area contributed by atoms with Crippen molar-refractivity contribution in [3.05, 3.63) is 28.7 Å². The highest BCUT2D eigenvalue weighted by Crippen LogP contribution is 2.36. The molecule has 0 bridgehead atoms. The zero-order chi connectivity index (χ0) is 12.1. The molecule has 0 aliphatic heterocycles. The van der Waals surface area contributed by atoms with Crippen molar-refractivity contribution in [2.45, 2.75) is 44.4 Å². The lowest BCUT2D eigenvalue weighted by molar-refractivity contribution is 0.402. The van der Waals surface area contributed by atoms with Crippen molar-refractivity contribution < 1.29 is 0 Å². The van der Waals surface area contributed by atoms with E-state index >= 15 is 0 Å². The Labute approximate surface area is 111 Å². The monoisotopic (exact) mass is 261 g/mol. The van der Waals surface area contributed by atoms with Crippen LogP contribution in [0.5, 0.6) is 0 Å². The molecule has 94 valence electrons. The van der Waals surface area contributed by atoms with Gasteiger partial charge in [0.05, 0.1) is 0 Å². The van der Waals surface area contributed by atoms with Crippen LogP contribution in [0, 0.1) is 5.92 Å². The first-order valence-electron chi connectivity index (χ1n) is 6.85. The van der Waals surface area contributed by atoms with Gasteiger partial charge < -0.3 is 0 Å². The molecule has 0 saturated heterocycles. The van der Waals surface area contributed by atoms with E-state index < -0.39 is 0 Å². The van der Waals surface area contributed by atoms with Gasteiger partial charge in [-0.25, -0.2) is 9.50 Å². The van der Waals surface area contributed by atoms with Gasteiger partial charge in [-0.3, -0.25) is 0 Å². The van der Waals surface area contributed by atoms with Crippen molar-refractivity contribution in [3.63, 3.8) is 0 Å². The third-order valence-electron chi connectivity index (χ3n) is 4.16. The number of aromatic nitrogens is 3.